The van der Waals surface area contributed by atoms with E-state index < -0.39 is 0 Å². The maximum atomic E-state index is 12.8. The van der Waals surface area contributed by atoms with Crippen molar-refractivity contribution in [2.75, 3.05) is 11.1 Å². The summed E-state index contributed by atoms with van der Waals surface area (Å²) < 4.78 is 9.36. The molecule has 0 unspecified atom stereocenters. The van der Waals surface area contributed by atoms with E-state index in [9.17, 15) is 4.79 Å². The van der Waals surface area contributed by atoms with Crippen molar-refractivity contribution in [2.45, 2.75) is 52.2 Å². The van der Waals surface area contributed by atoms with Gasteiger partial charge in [-0.3, -0.25) is 9.36 Å². The number of furan rings is 1. The molecule has 4 rings (SSSR count). The van der Waals surface area contributed by atoms with Gasteiger partial charge in [0.25, 0.3) is 0 Å². The molecule has 4 aromatic rings. The molecule has 0 spiro atoms. The van der Waals surface area contributed by atoms with Crippen molar-refractivity contribution in [3.05, 3.63) is 71.2 Å². The third-order valence-corrected chi connectivity index (χ3v) is 6.29. The number of carbonyl (C=O) groups excluding carboxylic acids is 1. The van der Waals surface area contributed by atoms with Crippen LogP contribution in [-0.2, 0) is 11.3 Å². The molecule has 8 nitrogen and oxygen atoms in total. The van der Waals surface area contributed by atoms with Gasteiger partial charge in [-0.1, -0.05) is 43.3 Å². The Morgan fingerprint density at radius 1 is 1.12 bits per heavy atom. The van der Waals surface area contributed by atoms with Crippen LogP contribution >= 0.6 is 11.8 Å². The van der Waals surface area contributed by atoms with E-state index in [1.54, 1.807) is 6.26 Å². The van der Waals surface area contributed by atoms with Crippen LogP contribution < -0.4 is 5.32 Å². The number of nitrogens with zero attached hydrogens (tertiary/aromatic N) is 5. The fourth-order valence-corrected chi connectivity index (χ4v) is 4.35. The van der Waals surface area contributed by atoms with E-state index in [1.165, 1.54) is 17.3 Å². The third kappa shape index (κ3) is 5.03. The number of thioether (sulfide) groups is 1. The molecule has 0 fully saturated rings. The van der Waals surface area contributed by atoms with Crippen molar-refractivity contribution >= 4 is 23.4 Å². The number of amides is 1. The summed E-state index contributed by atoms with van der Waals surface area (Å²) in [5.41, 5.74) is 4.54. The lowest BCUT2D eigenvalue weighted by atomic mass is 10.2. The summed E-state index contributed by atoms with van der Waals surface area (Å²) in [6.45, 7) is 10.6. The van der Waals surface area contributed by atoms with Crippen LogP contribution in [0.4, 0.5) is 5.69 Å². The monoisotopic (exact) mass is 464 g/mol. The number of hydrogen-bond donors (Lipinski definition) is 1. The van der Waals surface area contributed by atoms with Gasteiger partial charge in [-0.15, -0.1) is 10.2 Å². The van der Waals surface area contributed by atoms with Crippen LogP contribution in [0.25, 0.3) is 5.69 Å². The van der Waals surface area contributed by atoms with E-state index in [0.717, 1.165) is 34.3 Å². The highest BCUT2D eigenvalue weighted by molar-refractivity contribution is 7.99. The summed E-state index contributed by atoms with van der Waals surface area (Å²) in [7, 11) is 0. The van der Waals surface area contributed by atoms with E-state index in [0.29, 0.717) is 11.7 Å². The summed E-state index contributed by atoms with van der Waals surface area (Å²) in [5, 5.41) is 17.0. The van der Waals surface area contributed by atoms with Crippen molar-refractivity contribution in [1.82, 2.24) is 24.5 Å². The smallest absolute Gasteiger partial charge is 0.234 e. The summed E-state index contributed by atoms with van der Waals surface area (Å²) >= 11 is 1.36. The molecule has 33 heavy (non-hydrogen) atoms. The van der Waals surface area contributed by atoms with Gasteiger partial charge in [0.05, 0.1) is 41.3 Å². The average Bonchev–Trinajstić information content (AvgIpc) is 3.50. The van der Waals surface area contributed by atoms with Crippen molar-refractivity contribution in [3.63, 3.8) is 0 Å². The Morgan fingerprint density at radius 2 is 1.88 bits per heavy atom. The average molecular weight is 465 g/mol. The lowest BCUT2D eigenvalue weighted by Crippen LogP contribution is -2.16. The van der Waals surface area contributed by atoms with E-state index in [4.69, 9.17) is 4.42 Å². The van der Waals surface area contributed by atoms with Gasteiger partial charge < -0.3 is 9.73 Å². The van der Waals surface area contributed by atoms with Crippen LogP contribution in [0, 0.1) is 20.8 Å². The molecule has 1 amide bonds. The first-order valence-corrected chi connectivity index (χ1v) is 11.8. The third-order valence-electron chi connectivity index (χ3n) is 5.32. The minimum atomic E-state index is -0.117. The van der Waals surface area contributed by atoms with Crippen LogP contribution in [-0.4, -0.2) is 36.2 Å². The van der Waals surface area contributed by atoms with Crippen LogP contribution in [0.3, 0.4) is 0 Å². The molecule has 0 atom stereocenters. The molecule has 3 aromatic heterocycles. The summed E-state index contributed by atoms with van der Waals surface area (Å²) in [4.78, 5) is 12.8. The molecule has 0 aliphatic rings. The Labute approximate surface area is 197 Å². The van der Waals surface area contributed by atoms with Crippen molar-refractivity contribution < 1.29 is 9.21 Å². The topological polar surface area (TPSA) is 90.8 Å². The number of anilines is 1. The summed E-state index contributed by atoms with van der Waals surface area (Å²) in [6, 6.07) is 11.9. The quantitative estimate of drug-likeness (QED) is 0.374. The van der Waals surface area contributed by atoms with Gasteiger partial charge in [0.2, 0.25) is 5.91 Å². The number of benzene rings is 1. The van der Waals surface area contributed by atoms with Gasteiger partial charge in [-0.05, 0) is 45.0 Å². The fourth-order valence-electron chi connectivity index (χ4n) is 3.61. The highest BCUT2D eigenvalue weighted by Crippen LogP contribution is 2.25. The van der Waals surface area contributed by atoms with Gasteiger partial charge >= 0.3 is 0 Å². The lowest BCUT2D eigenvalue weighted by molar-refractivity contribution is -0.113. The van der Waals surface area contributed by atoms with Gasteiger partial charge in [0.1, 0.15) is 11.6 Å². The van der Waals surface area contributed by atoms with Crippen LogP contribution in [0.5, 0.6) is 0 Å². The van der Waals surface area contributed by atoms with Crippen molar-refractivity contribution in [3.8, 4) is 5.69 Å². The number of rotatable bonds is 8. The fraction of sp³-hybridized carbons (Fsp3) is 0.333. The molecular formula is C24H28N6O2S. The molecule has 0 saturated heterocycles. The van der Waals surface area contributed by atoms with Gasteiger partial charge in [0, 0.05) is 5.92 Å². The van der Waals surface area contributed by atoms with Crippen LogP contribution in [0.1, 0.15) is 48.3 Å². The highest BCUT2D eigenvalue weighted by Gasteiger charge is 2.19. The van der Waals surface area contributed by atoms with Crippen LogP contribution in [0.15, 0.2) is 52.2 Å². The molecule has 0 radical (unpaired) electrons. The van der Waals surface area contributed by atoms with E-state index in [-0.39, 0.29) is 17.6 Å². The van der Waals surface area contributed by atoms with Crippen LogP contribution in [0.2, 0.25) is 0 Å². The second kappa shape index (κ2) is 9.66. The molecule has 0 aliphatic carbocycles. The SMILES string of the molecule is Cc1ccc(-n2nc(C)c(NC(=O)CSc3nnc(C(C)C)n3Cc3ccco3)c2C)cc1. The first-order valence-electron chi connectivity index (χ1n) is 10.8. The number of aromatic nitrogens is 5. The number of nitrogens with one attached hydrogen (secondary N) is 1. The Balaban J connectivity index is 1.47. The zero-order chi connectivity index (χ0) is 23.5. The molecule has 1 aromatic carbocycles. The minimum Gasteiger partial charge on any atom is -0.467 e. The normalized spacial score (nSPS) is 11.3. The predicted molar refractivity (Wildman–Crippen MR) is 129 cm³/mol. The second-order valence-electron chi connectivity index (χ2n) is 8.29. The highest BCUT2D eigenvalue weighted by atomic mass is 32.2. The molecule has 1 N–H and O–H groups in total. The maximum absolute atomic E-state index is 12.8. The molecule has 172 valence electrons. The summed E-state index contributed by atoms with van der Waals surface area (Å²) in [6.07, 6.45) is 1.65. The number of aryl methyl sites for hydroxylation is 2. The number of carbonyl (C=O) groups is 1. The Bertz CT molecular complexity index is 1240. The largest absolute Gasteiger partial charge is 0.467 e. The second-order valence-corrected chi connectivity index (χ2v) is 9.23. The van der Waals surface area contributed by atoms with Gasteiger partial charge in [0.15, 0.2) is 5.16 Å². The van der Waals surface area contributed by atoms with E-state index >= 15 is 0 Å². The van der Waals surface area contributed by atoms with Crippen molar-refractivity contribution in [1.29, 1.82) is 0 Å². The van der Waals surface area contributed by atoms with Crippen molar-refractivity contribution in [2.24, 2.45) is 0 Å². The first-order chi connectivity index (χ1) is 15.8. The molecule has 9 heteroatoms. The Kier molecular flexibility index (Phi) is 6.69. The lowest BCUT2D eigenvalue weighted by Gasteiger charge is -2.11. The zero-order valence-electron chi connectivity index (χ0n) is 19.5. The van der Waals surface area contributed by atoms with E-state index in [1.807, 2.05) is 66.4 Å². The van der Waals surface area contributed by atoms with Gasteiger partial charge in [-0.2, -0.15) is 5.10 Å². The van der Waals surface area contributed by atoms with E-state index in [2.05, 4.69) is 34.5 Å². The first kappa shape index (κ1) is 22.8. The molecule has 0 aliphatic heterocycles. The Hall–Kier alpha value is -3.33. The van der Waals surface area contributed by atoms with Gasteiger partial charge in [-0.25, -0.2) is 4.68 Å². The molecule has 3 heterocycles. The molecular weight excluding hydrogens is 436 g/mol. The predicted octanol–water partition coefficient (Wildman–Crippen LogP) is 4.88. The Morgan fingerprint density at radius 3 is 2.55 bits per heavy atom. The molecule has 0 saturated carbocycles. The maximum Gasteiger partial charge on any atom is 0.234 e. The molecule has 0 bridgehead atoms. The minimum absolute atomic E-state index is 0.117. The standard InChI is InChI=1S/C24H28N6O2S/c1-15(2)23-26-27-24(29(23)13-20-7-6-12-32-20)33-14-21(31)25-22-17(4)28-30(18(22)5)19-10-8-16(3)9-11-19/h6-12,15H,13-14H2,1-5H3,(H,25,31). The zero-order valence-corrected chi connectivity index (χ0v) is 20.3. The summed E-state index contributed by atoms with van der Waals surface area (Å²) in [5.74, 6) is 1.98. The number of hydrogen-bond acceptors (Lipinski definition) is 6.